The first-order valence-corrected chi connectivity index (χ1v) is 14.9. The van der Waals surface area contributed by atoms with Crippen LogP contribution in [-0.2, 0) is 43.3 Å². The molecule has 1 amide bonds. The number of nitrogens with zero attached hydrogens (tertiary/aromatic N) is 2. The van der Waals surface area contributed by atoms with E-state index >= 15 is 0 Å². The summed E-state index contributed by atoms with van der Waals surface area (Å²) in [5.74, 6) is -0.436. The minimum Gasteiger partial charge on any atom is -0.493 e. The number of thioether (sulfide) groups is 1. The number of esters is 1. The van der Waals surface area contributed by atoms with E-state index in [-0.39, 0.29) is 32.6 Å². The lowest BCUT2D eigenvalue weighted by Gasteiger charge is -2.37. The van der Waals surface area contributed by atoms with Gasteiger partial charge in [0.25, 0.3) is 5.09 Å². The van der Waals surface area contributed by atoms with Gasteiger partial charge in [-0.05, 0) is 48.6 Å². The van der Waals surface area contributed by atoms with Crippen LogP contribution in [0.1, 0.15) is 30.0 Å². The van der Waals surface area contributed by atoms with E-state index in [1.165, 1.54) is 30.9 Å². The first kappa shape index (κ1) is 33.5. The number of carbonyl (C=O) groups excluding carboxylic acids is 2. The summed E-state index contributed by atoms with van der Waals surface area (Å²) in [6, 6.07) is 10.2. The molecular weight excluding hydrogens is 582 g/mol. The summed E-state index contributed by atoms with van der Waals surface area (Å²) in [4.78, 5) is 55.0. The summed E-state index contributed by atoms with van der Waals surface area (Å²) in [5.41, 5.74) is 2.54. The van der Waals surface area contributed by atoms with Crippen molar-refractivity contribution < 1.29 is 43.6 Å². The smallest absolute Gasteiger partial charge is 0.329 e. The first-order valence-electron chi connectivity index (χ1n) is 13.7. The fourth-order valence-electron chi connectivity index (χ4n) is 4.78. The van der Waals surface area contributed by atoms with E-state index in [2.05, 4.69) is 10.2 Å². The maximum Gasteiger partial charge on any atom is 0.329 e. The van der Waals surface area contributed by atoms with E-state index < -0.39 is 41.1 Å². The maximum absolute atomic E-state index is 13.8. The van der Waals surface area contributed by atoms with Gasteiger partial charge in [-0.15, -0.1) is 10.1 Å². The van der Waals surface area contributed by atoms with Crippen molar-refractivity contribution >= 4 is 29.6 Å². The molecule has 1 heterocycles. The summed E-state index contributed by atoms with van der Waals surface area (Å²) < 4.78 is 16.3. The van der Waals surface area contributed by atoms with Gasteiger partial charge in [-0.25, -0.2) is 4.79 Å². The average molecular weight is 620 g/mol. The molecule has 3 rings (SSSR count). The summed E-state index contributed by atoms with van der Waals surface area (Å²) in [6.45, 7) is 1.62. The third kappa shape index (κ3) is 9.75. The van der Waals surface area contributed by atoms with E-state index in [0.29, 0.717) is 29.4 Å². The van der Waals surface area contributed by atoms with E-state index in [4.69, 9.17) is 14.2 Å². The second kappa shape index (κ2) is 16.6. The Bertz CT molecular complexity index is 1260. The first-order chi connectivity index (χ1) is 20.6. The molecule has 0 aromatic heterocycles. The molecule has 0 fully saturated rings. The number of carboxylic acids is 1. The van der Waals surface area contributed by atoms with Crippen LogP contribution in [0.25, 0.3) is 0 Å². The van der Waals surface area contributed by atoms with Gasteiger partial charge in [0.2, 0.25) is 5.91 Å². The van der Waals surface area contributed by atoms with Gasteiger partial charge < -0.3 is 29.1 Å². The van der Waals surface area contributed by atoms with Gasteiger partial charge in [0.1, 0.15) is 25.3 Å². The lowest BCUT2D eigenvalue weighted by atomic mass is 9.92. The number of rotatable bonds is 17. The average Bonchev–Trinajstić information content (AvgIpc) is 3.00. The number of hydrogen-bond donors (Lipinski definition) is 2. The Labute approximate surface area is 253 Å². The van der Waals surface area contributed by atoms with Gasteiger partial charge in [0.15, 0.2) is 11.5 Å². The van der Waals surface area contributed by atoms with Crippen LogP contribution < -0.4 is 14.8 Å². The Hall–Kier alpha value is -4.04. The molecule has 0 bridgehead atoms. The number of nitrogens with one attached hydrogen (secondary N) is 1. The van der Waals surface area contributed by atoms with Crippen LogP contribution >= 0.6 is 11.8 Å². The summed E-state index contributed by atoms with van der Waals surface area (Å²) in [5, 5.41) is 22.2. The van der Waals surface area contributed by atoms with Crippen LogP contribution in [0.4, 0.5) is 0 Å². The highest BCUT2D eigenvalue weighted by Gasteiger charge is 2.39. The molecule has 2 aromatic rings. The summed E-state index contributed by atoms with van der Waals surface area (Å²) in [7, 11) is 3.01. The van der Waals surface area contributed by atoms with Crippen molar-refractivity contribution in [2.75, 3.05) is 38.9 Å². The predicted octanol–water partition coefficient (Wildman–Crippen LogP) is 2.51. The number of aryl methyl sites for hydroxylation is 1. The van der Waals surface area contributed by atoms with E-state index in [0.717, 1.165) is 16.7 Å². The molecule has 0 spiro atoms. The molecule has 3 unspecified atom stereocenters. The highest BCUT2D eigenvalue weighted by Crippen LogP contribution is 2.35. The van der Waals surface area contributed by atoms with Gasteiger partial charge >= 0.3 is 11.9 Å². The number of methoxy groups -OCH3 is 2. The van der Waals surface area contributed by atoms with Crippen molar-refractivity contribution in [3.05, 3.63) is 69.3 Å². The zero-order valence-electron chi connectivity index (χ0n) is 24.4. The number of amides is 1. The number of hydrogen-bond acceptors (Lipinski definition) is 11. The van der Waals surface area contributed by atoms with Crippen LogP contribution in [0.5, 0.6) is 11.5 Å². The molecule has 1 aliphatic heterocycles. The molecule has 0 saturated heterocycles. The van der Waals surface area contributed by atoms with Crippen molar-refractivity contribution in [2.24, 2.45) is 0 Å². The van der Waals surface area contributed by atoms with Gasteiger partial charge in [-0.3, -0.25) is 14.9 Å². The molecule has 2 N–H and O–H groups in total. The van der Waals surface area contributed by atoms with E-state index in [1.807, 2.05) is 30.3 Å². The second-order valence-corrected chi connectivity index (χ2v) is 11.0. The maximum atomic E-state index is 13.8. The van der Waals surface area contributed by atoms with Gasteiger partial charge in [0, 0.05) is 24.5 Å². The van der Waals surface area contributed by atoms with Crippen LogP contribution in [0.15, 0.2) is 42.5 Å². The lowest BCUT2D eigenvalue weighted by molar-refractivity contribution is -0.756. The zero-order valence-corrected chi connectivity index (χ0v) is 25.2. The summed E-state index contributed by atoms with van der Waals surface area (Å²) >= 11 is 1.32. The molecule has 234 valence electrons. The number of ether oxygens (including phenoxy) is 3. The molecule has 0 aliphatic carbocycles. The standard InChI is InChI=1S/C29H37N3O10S/c1-19(30-23(28(34)35)10-9-20-7-5-4-6-8-20)27(33)31-18-22-17-26(40-3)25(39-2)16-21(22)15-24(31)29(36)41-11-13-43-14-12-42-32(37)38/h4-8,16-17,19,23-24,30H,9-15,18H2,1-3H3,(H,34,35). The van der Waals surface area contributed by atoms with Crippen molar-refractivity contribution in [2.45, 2.75) is 50.9 Å². The number of benzene rings is 2. The second-order valence-electron chi connectivity index (χ2n) is 9.80. The molecule has 43 heavy (non-hydrogen) atoms. The molecule has 0 radical (unpaired) electrons. The third-order valence-electron chi connectivity index (χ3n) is 6.97. The Balaban J connectivity index is 1.73. The highest BCUT2D eigenvalue weighted by atomic mass is 32.2. The largest absolute Gasteiger partial charge is 0.493 e. The normalized spacial score (nSPS) is 15.5. The van der Waals surface area contributed by atoms with Gasteiger partial charge in [0.05, 0.1) is 20.3 Å². The van der Waals surface area contributed by atoms with Crippen LogP contribution in [0.2, 0.25) is 0 Å². The van der Waals surface area contributed by atoms with Gasteiger partial charge in [-0.1, -0.05) is 30.3 Å². The quantitative estimate of drug-likeness (QED) is 0.115. The van der Waals surface area contributed by atoms with Crippen molar-refractivity contribution in [1.82, 2.24) is 10.2 Å². The number of carbonyl (C=O) groups is 3. The fourth-order valence-corrected chi connectivity index (χ4v) is 5.38. The monoisotopic (exact) mass is 619 g/mol. The van der Waals surface area contributed by atoms with Crippen LogP contribution in [0.3, 0.4) is 0 Å². The molecule has 13 nitrogen and oxygen atoms in total. The molecular formula is C29H37N3O10S. The Kier molecular flexibility index (Phi) is 12.9. The molecule has 2 aromatic carbocycles. The Morgan fingerprint density at radius 2 is 1.74 bits per heavy atom. The third-order valence-corrected chi connectivity index (χ3v) is 7.88. The van der Waals surface area contributed by atoms with Crippen LogP contribution in [-0.4, -0.2) is 90.0 Å². The van der Waals surface area contributed by atoms with Crippen LogP contribution in [0, 0.1) is 10.1 Å². The minimum absolute atomic E-state index is 0.0354. The molecule has 0 saturated carbocycles. The molecule has 3 atom stereocenters. The molecule has 14 heteroatoms. The van der Waals surface area contributed by atoms with Crippen molar-refractivity contribution in [3.63, 3.8) is 0 Å². The lowest BCUT2D eigenvalue weighted by Crippen LogP contribution is -2.56. The van der Waals surface area contributed by atoms with Crippen molar-refractivity contribution in [3.8, 4) is 11.5 Å². The number of fused-ring (bicyclic) bond motifs is 1. The minimum atomic E-state index is -1.08. The Morgan fingerprint density at radius 3 is 2.37 bits per heavy atom. The highest BCUT2D eigenvalue weighted by molar-refractivity contribution is 7.99. The fraction of sp³-hybridized carbons (Fsp3) is 0.483. The van der Waals surface area contributed by atoms with Crippen molar-refractivity contribution in [1.29, 1.82) is 0 Å². The summed E-state index contributed by atoms with van der Waals surface area (Å²) in [6.07, 6.45) is 0.940. The SMILES string of the molecule is COc1cc2c(cc1OC)CN(C(=O)C(C)NC(CCc1ccccc1)C(=O)O)C(C(=O)OCCSCCO[N+](=O)[O-])C2. The van der Waals surface area contributed by atoms with E-state index in [9.17, 15) is 29.6 Å². The molecule has 1 aliphatic rings. The zero-order chi connectivity index (χ0) is 31.4. The Morgan fingerprint density at radius 1 is 1.09 bits per heavy atom. The van der Waals surface area contributed by atoms with Gasteiger partial charge in [-0.2, -0.15) is 11.8 Å². The predicted molar refractivity (Wildman–Crippen MR) is 158 cm³/mol. The van der Waals surface area contributed by atoms with E-state index in [1.54, 1.807) is 19.1 Å². The number of aliphatic carboxylic acids is 1. The topological polar surface area (TPSA) is 167 Å². The number of carboxylic acid groups (broad SMARTS) is 1.